The molecule has 0 aliphatic rings. The van der Waals surface area contributed by atoms with Crippen molar-refractivity contribution in [3.63, 3.8) is 0 Å². The van der Waals surface area contributed by atoms with E-state index in [9.17, 15) is 0 Å². The van der Waals surface area contributed by atoms with Crippen molar-refractivity contribution in [1.82, 2.24) is 4.90 Å². The van der Waals surface area contributed by atoms with Crippen LogP contribution in [0.1, 0.15) is 19.4 Å². The Bertz CT molecular complexity index is 455. The molecule has 0 unspecified atom stereocenters. The average molecular weight is 238 g/mol. The summed E-state index contributed by atoms with van der Waals surface area (Å²) in [7, 11) is 0. The molecule has 93 valence electrons. The summed E-state index contributed by atoms with van der Waals surface area (Å²) in [5.74, 6) is 0. The summed E-state index contributed by atoms with van der Waals surface area (Å²) in [4.78, 5) is 2.42. The lowest BCUT2D eigenvalue weighted by Gasteiger charge is -2.18. The minimum absolute atomic E-state index is 1.03. The highest BCUT2D eigenvalue weighted by atomic mass is 15.1. The van der Waals surface area contributed by atoms with Crippen LogP contribution in [0.3, 0.4) is 0 Å². The van der Waals surface area contributed by atoms with Gasteiger partial charge in [0.15, 0.2) is 0 Å². The first-order valence-electron chi connectivity index (χ1n) is 6.62. The molecule has 0 aliphatic carbocycles. The Morgan fingerprint density at radius 1 is 0.944 bits per heavy atom. The van der Waals surface area contributed by atoms with Crippen molar-refractivity contribution in [2.45, 2.75) is 20.4 Å². The molecule has 0 heterocycles. The Hall–Kier alpha value is -1.60. The average Bonchev–Trinajstić information content (AvgIpc) is 2.46. The number of nitrogens with zero attached hydrogens (tertiary/aromatic N) is 1. The van der Waals surface area contributed by atoms with Crippen molar-refractivity contribution in [3.05, 3.63) is 60.2 Å². The van der Waals surface area contributed by atoms with Crippen molar-refractivity contribution in [2.24, 2.45) is 0 Å². The lowest BCUT2D eigenvalue weighted by molar-refractivity contribution is 0.296. The number of hydrogen-bond donors (Lipinski definition) is 0. The molecule has 2 aromatic carbocycles. The maximum Gasteiger partial charge on any atom is 0.0233 e. The molecule has 1 heteroatoms. The first kappa shape index (κ1) is 12.8. The molecular weight excluding hydrogens is 218 g/mol. The molecule has 2 aromatic rings. The van der Waals surface area contributed by atoms with Crippen molar-refractivity contribution in [2.75, 3.05) is 13.1 Å². The summed E-state index contributed by atoms with van der Waals surface area (Å²) in [6.45, 7) is 7.65. The van der Waals surface area contributed by atoms with Gasteiger partial charge >= 0.3 is 0 Å². The maximum atomic E-state index is 3.26. The van der Waals surface area contributed by atoms with Crippen LogP contribution in [0.25, 0.3) is 11.1 Å². The molecule has 1 radical (unpaired) electrons. The van der Waals surface area contributed by atoms with Gasteiger partial charge in [0.25, 0.3) is 0 Å². The summed E-state index contributed by atoms with van der Waals surface area (Å²) in [6, 6.07) is 20.2. The molecule has 0 N–H and O–H groups in total. The van der Waals surface area contributed by atoms with Crippen molar-refractivity contribution in [1.29, 1.82) is 0 Å². The molecule has 1 nitrogen and oxygen atoms in total. The van der Waals surface area contributed by atoms with Gasteiger partial charge in [-0.2, -0.15) is 0 Å². The van der Waals surface area contributed by atoms with Gasteiger partial charge in [-0.15, -0.1) is 0 Å². The Labute approximate surface area is 110 Å². The third-order valence-electron chi connectivity index (χ3n) is 3.27. The molecule has 0 bridgehead atoms. The molecule has 0 fully saturated rings. The maximum absolute atomic E-state index is 3.26. The number of benzene rings is 2. The molecular formula is C17H20N. The van der Waals surface area contributed by atoms with Gasteiger partial charge in [0.05, 0.1) is 0 Å². The molecule has 18 heavy (non-hydrogen) atoms. The van der Waals surface area contributed by atoms with E-state index in [0.29, 0.717) is 0 Å². The second kappa shape index (κ2) is 6.36. The largest absolute Gasteiger partial charge is 0.300 e. The zero-order chi connectivity index (χ0) is 12.8. The normalized spacial score (nSPS) is 10.8. The second-order valence-electron chi connectivity index (χ2n) is 4.43. The zero-order valence-corrected chi connectivity index (χ0v) is 11.2. The molecule has 2 rings (SSSR count). The molecule has 0 amide bonds. The topological polar surface area (TPSA) is 3.24 Å². The highest BCUT2D eigenvalue weighted by Crippen LogP contribution is 2.19. The quantitative estimate of drug-likeness (QED) is 0.761. The Kier molecular flexibility index (Phi) is 4.54. The highest BCUT2D eigenvalue weighted by Gasteiger charge is 2.01. The van der Waals surface area contributed by atoms with Crippen LogP contribution in [0.4, 0.5) is 0 Å². The van der Waals surface area contributed by atoms with E-state index in [1.807, 2.05) is 12.1 Å². The van der Waals surface area contributed by atoms with Gasteiger partial charge in [-0.3, -0.25) is 4.90 Å². The van der Waals surface area contributed by atoms with Gasteiger partial charge in [0, 0.05) is 6.54 Å². The molecule has 0 aliphatic heterocycles. The Balaban J connectivity index is 2.11. The third-order valence-corrected chi connectivity index (χ3v) is 3.27. The minimum atomic E-state index is 1.03. The van der Waals surface area contributed by atoms with Crippen molar-refractivity contribution >= 4 is 0 Å². The molecule has 0 saturated heterocycles. The van der Waals surface area contributed by atoms with Crippen LogP contribution in [-0.4, -0.2) is 18.0 Å². The standard InChI is InChI=1S/C17H20N/c1-3-18(4-2)14-15-10-12-17(13-11-15)16-8-6-5-7-9-16/h5-8,10-13H,3-4,14H2,1-2H3. The van der Waals surface area contributed by atoms with Crippen molar-refractivity contribution in [3.8, 4) is 11.1 Å². The van der Waals surface area contributed by atoms with E-state index >= 15 is 0 Å². The fourth-order valence-corrected chi connectivity index (χ4v) is 2.07. The van der Waals surface area contributed by atoms with Crippen LogP contribution in [0, 0.1) is 6.07 Å². The minimum Gasteiger partial charge on any atom is -0.300 e. The van der Waals surface area contributed by atoms with E-state index in [1.165, 1.54) is 11.1 Å². The van der Waals surface area contributed by atoms with Gasteiger partial charge in [0.2, 0.25) is 0 Å². The predicted octanol–water partition coefficient (Wildman–Crippen LogP) is 4.00. The van der Waals surface area contributed by atoms with E-state index in [-0.39, 0.29) is 0 Å². The fraction of sp³-hybridized carbons (Fsp3) is 0.294. The summed E-state index contributed by atoms with van der Waals surface area (Å²) in [5, 5.41) is 0. The van der Waals surface area contributed by atoms with Gasteiger partial charge in [0.1, 0.15) is 0 Å². The Morgan fingerprint density at radius 3 is 2.22 bits per heavy atom. The van der Waals surface area contributed by atoms with Crippen LogP contribution in [0.2, 0.25) is 0 Å². The lowest BCUT2D eigenvalue weighted by atomic mass is 10.0. The SMILES string of the molecule is CCN(CC)Cc1ccc(-c2[c]cccc2)cc1. The molecule has 0 saturated carbocycles. The van der Waals surface area contributed by atoms with Crippen LogP contribution < -0.4 is 0 Å². The Morgan fingerprint density at radius 2 is 1.67 bits per heavy atom. The number of rotatable bonds is 5. The van der Waals surface area contributed by atoms with E-state index < -0.39 is 0 Å². The predicted molar refractivity (Wildman–Crippen MR) is 77.3 cm³/mol. The lowest BCUT2D eigenvalue weighted by Crippen LogP contribution is -2.21. The fourth-order valence-electron chi connectivity index (χ4n) is 2.07. The second-order valence-corrected chi connectivity index (χ2v) is 4.43. The molecule has 0 atom stereocenters. The van der Waals surface area contributed by atoms with Crippen LogP contribution in [-0.2, 0) is 6.54 Å². The van der Waals surface area contributed by atoms with Gasteiger partial charge in [-0.1, -0.05) is 62.4 Å². The van der Waals surface area contributed by atoms with Crippen LogP contribution in [0.15, 0.2) is 48.5 Å². The van der Waals surface area contributed by atoms with Gasteiger partial charge in [-0.05, 0) is 35.8 Å². The van der Waals surface area contributed by atoms with Gasteiger partial charge in [-0.25, -0.2) is 0 Å². The van der Waals surface area contributed by atoms with E-state index in [0.717, 1.165) is 25.2 Å². The molecule has 0 spiro atoms. The van der Waals surface area contributed by atoms with Crippen LogP contribution in [0.5, 0.6) is 0 Å². The van der Waals surface area contributed by atoms with E-state index in [1.54, 1.807) is 0 Å². The van der Waals surface area contributed by atoms with E-state index in [4.69, 9.17) is 0 Å². The first-order valence-corrected chi connectivity index (χ1v) is 6.62. The third kappa shape index (κ3) is 3.21. The van der Waals surface area contributed by atoms with Gasteiger partial charge < -0.3 is 0 Å². The summed E-state index contributed by atoms with van der Waals surface area (Å²) in [5.41, 5.74) is 3.77. The summed E-state index contributed by atoms with van der Waals surface area (Å²) in [6.07, 6.45) is 0. The molecule has 0 aromatic heterocycles. The zero-order valence-electron chi connectivity index (χ0n) is 11.2. The monoisotopic (exact) mass is 238 g/mol. The van der Waals surface area contributed by atoms with E-state index in [2.05, 4.69) is 61.2 Å². The summed E-state index contributed by atoms with van der Waals surface area (Å²) >= 11 is 0. The van der Waals surface area contributed by atoms with Crippen molar-refractivity contribution < 1.29 is 0 Å². The van der Waals surface area contributed by atoms with Crippen LogP contribution >= 0.6 is 0 Å². The number of hydrogen-bond acceptors (Lipinski definition) is 1. The smallest absolute Gasteiger partial charge is 0.0233 e. The first-order chi connectivity index (χ1) is 8.83. The highest BCUT2D eigenvalue weighted by molar-refractivity contribution is 5.62. The summed E-state index contributed by atoms with van der Waals surface area (Å²) < 4.78 is 0.